The molecule has 2 aromatic rings. The first-order valence-electron chi connectivity index (χ1n) is 12.6. The van der Waals surface area contributed by atoms with Crippen LogP contribution in [0.3, 0.4) is 0 Å². The molecular formula is C27H33N3O5S. The second kappa shape index (κ2) is 11.0. The van der Waals surface area contributed by atoms with Gasteiger partial charge in [-0.3, -0.25) is 9.59 Å². The molecule has 0 bridgehead atoms. The van der Waals surface area contributed by atoms with Crippen LogP contribution in [0.4, 0.5) is 5.69 Å². The van der Waals surface area contributed by atoms with E-state index in [1.54, 1.807) is 16.2 Å². The zero-order chi connectivity index (χ0) is 25.0. The largest absolute Gasteiger partial charge is 0.459 e. The zero-order valence-electron chi connectivity index (χ0n) is 20.3. The molecule has 1 aromatic carbocycles. The van der Waals surface area contributed by atoms with Crippen molar-refractivity contribution in [1.29, 1.82) is 0 Å². The lowest BCUT2D eigenvalue weighted by Gasteiger charge is -2.43. The summed E-state index contributed by atoms with van der Waals surface area (Å²) in [5.74, 6) is 0.229. The highest BCUT2D eigenvalue weighted by molar-refractivity contribution is 7.08. The Morgan fingerprint density at radius 2 is 2.00 bits per heavy atom. The summed E-state index contributed by atoms with van der Waals surface area (Å²) >= 11 is 1.63. The molecule has 3 aliphatic heterocycles. The average molecular weight is 512 g/mol. The first-order chi connectivity index (χ1) is 17.6. The molecule has 2 fully saturated rings. The summed E-state index contributed by atoms with van der Waals surface area (Å²) in [7, 11) is 0. The number of hydrogen-bond donors (Lipinski definition) is 2. The van der Waals surface area contributed by atoms with E-state index in [-0.39, 0.29) is 24.3 Å². The first kappa shape index (κ1) is 24.8. The Bertz CT molecular complexity index is 1070. The maximum atomic E-state index is 13.6. The SMILES string of the molecule is O=C(C1=C[C@@H](c2ccsc2)C[C@@H](OCCCCO)O1)N1CCC2(CC1)C(=O)NCN2c1ccccc1. The van der Waals surface area contributed by atoms with Gasteiger partial charge in [0.25, 0.3) is 5.91 Å². The number of aliphatic hydroxyl groups excluding tert-OH is 1. The number of thiophene rings is 1. The van der Waals surface area contributed by atoms with Gasteiger partial charge in [0, 0.05) is 37.7 Å². The van der Waals surface area contributed by atoms with Crippen LogP contribution in [0.5, 0.6) is 0 Å². The summed E-state index contributed by atoms with van der Waals surface area (Å²) in [5, 5.41) is 16.2. The predicted molar refractivity (Wildman–Crippen MR) is 137 cm³/mol. The van der Waals surface area contributed by atoms with Gasteiger partial charge in [-0.1, -0.05) is 18.2 Å². The summed E-state index contributed by atoms with van der Waals surface area (Å²) in [5.41, 5.74) is 1.52. The van der Waals surface area contributed by atoms with Gasteiger partial charge in [-0.2, -0.15) is 11.3 Å². The third kappa shape index (κ3) is 5.00. The molecule has 8 nitrogen and oxygen atoms in total. The highest BCUT2D eigenvalue weighted by atomic mass is 32.1. The number of para-hydroxylation sites is 1. The number of benzene rings is 1. The number of nitrogens with zero attached hydrogens (tertiary/aromatic N) is 2. The fraction of sp³-hybridized carbons (Fsp3) is 0.481. The second-order valence-electron chi connectivity index (χ2n) is 9.53. The van der Waals surface area contributed by atoms with Crippen LogP contribution >= 0.6 is 11.3 Å². The van der Waals surface area contributed by atoms with Crippen molar-refractivity contribution in [2.24, 2.45) is 0 Å². The molecule has 5 rings (SSSR count). The van der Waals surface area contributed by atoms with Gasteiger partial charge in [-0.25, -0.2) is 0 Å². The minimum atomic E-state index is -0.641. The molecule has 0 saturated carbocycles. The molecule has 1 aromatic heterocycles. The average Bonchev–Trinajstić information content (AvgIpc) is 3.56. The van der Waals surface area contributed by atoms with Gasteiger partial charge in [0.1, 0.15) is 5.54 Å². The molecule has 0 aliphatic carbocycles. The van der Waals surface area contributed by atoms with Gasteiger partial charge in [-0.15, -0.1) is 0 Å². The lowest BCUT2D eigenvalue weighted by Crippen LogP contribution is -2.57. The Morgan fingerprint density at radius 3 is 2.72 bits per heavy atom. The third-order valence-electron chi connectivity index (χ3n) is 7.38. The summed E-state index contributed by atoms with van der Waals surface area (Å²) in [6.07, 6.45) is 4.57. The number of piperidine rings is 1. The number of likely N-dealkylation sites (tertiary alicyclic amines) is 1. The zero-order valence-corrected chi connectivity index (χ0v) is 21.1. The van der Waals surface area contributed by atoms with Crippen molar-refractivity contribution in [2.75, 3.05) is 37.9 Å². The van der Waals surface area contributed by atoms with Gasteiger partial charge < -0.3 is 29.7 Å². The molecule has 0 radical (unpaired) electrons. The molecule has 1 spiro atoms. The molecule has 2 atom stereocenters. The van der Waals surface area contributed by atoms with Crippen LogP contribution < -0.4 is 10.2 Å². The van der Waals surface area contributed by atoms with Crippen molar-refractivity contribution in [2.45, 2.75) is 49.9 Å². The lowest BCUT2D eigenvalue weighted by atomic mass is 9.85. The quantitative estimate of drug-likeness (QED) is 0.529. The number of amides is 2. The minimum absolute atomic E-state index is 0.0282. The predicted octanol–water partition coefficient (Wildman–Crippen LogP) is 3.21. The topological polar surface area (TPSA) is 91.3 Å². The number of rotatable bonds is 8. The molecule has 0 unspecified atom stereocenters. The van der Waals surface area contributed by atoms with E-state index < -0.39 is 11.8 Å². The van der Waals surface area contributed by atoms with Gasteiger partial charge in [0.2, 0.25) is 12.2 Å². The Kier molecular flexibility index (Phi) is 7.59. The van der Waals surface area contributed by atoms with Crippen molar-refractivity contribution in [3.8, 4) is 0 Å². The van der Waals surface area contributed by atoms with Crippen LogP contribution in [0.15, 0.2) is 59.0 Å². The summed E-state index contributed by atoms with van der Waals surface area (Å²) in [6.45, 7) is 2.03. The molecule has 9 heteroatoms. The number of carbonyl (C=O) groups excluding carboxylic acids is 2. The standard InChI is InChI=1S/C27H33N3O5S/c31-13-4-5-14-34-24-17-21(20-8-15-36-18-20)16-23(35-24)25(32)29-11-9-27(10-12-29)26(33)28-19-30(27)22-6-2-1-3-7-22/h1-3,6-8,15-16,18,21,24,31H,4-5,9-14,17,19H2,(H,28,33)/t21-,24+/m1/s1. The van der Waals surface area contributed by atoms with E-state index in [9.17, 15) is 9.59 Å². The number of hydrogen-bond acceptors (Lipinski definition) is 7. The minimum Gasteiger partial charge on any atom is -0.459 e. The highest BCUT2D eigenvalue weighted by Gasteiger charge is 2.51. The van der Waals surface area contributed by atoms with Gasteiger partial charge >= 0.3 is 0 Å². The number of unbranched alkanes of at least 4 members (excludes halogenated alkanes) is 1. The van der Waals surface area contributed by atoms with Gasteiger partial charge in [0.05, 0.1) is 13.3 Å². The molecule has 192 valence electrons. The van der Waals surface area contributed by atoms with E-state index in [4.69, 9.17) is 14.6 Å². The molecule has 4 heterocycles. The third-order valence-corrected chi connectivity index (χ3v) is 8.08. The maximum Gasteiger partial charge on any atom is 0.288 e. The highest BCUT2D eigenvalue weighted by Crippen LogP contribution is 2.38. The van der Waals surface area contributed by atoms with E-state index in [0.29, 0.717) is 57.8 Å². The monoisotopic (exact) mass is 511 g/mol. The summed E-state index contributed by atoms with van der Waals surface area (Å²) in [4.78, 5) is 30.4. The van der Waals surface area contributed by atoms with Crippen LogP contribution in [-0.4, -0.2) is 66.6 Å². The molecular weight excluding hydrogens is 478 g/mol. The van der Waals surface area contributed by atoms with E-state index in [0.717, 1.165) is 17.7 Å². The van der Waals surface area contributed by atoms with Crippen molar-refractivity contribution in [3.63, 3.8) is 0 Å². The van der Waals surface area contributed by atoms with Gasteiger partial charge in [0.15, 0.2) is 5.76 Å². The van der Waals surface area contributed by atoms with E-state index in [1.165, 1.54) is 0 Å². The molecule has 2 amide bonds. The van der Waals surface area contributed by atoms with E-state index >= 15 is 0 Å². The van der Waals surface area contributed by atoms with Crippen LogP contribution in [-0.2, 0) is 19.1 Å². The van der Waals surface area contributed by atoms with Crippen LogP contribution in [0.2, 0.25) is 0 Å². The lowest BCUT2D eigenvalue weighted by molar-refractivity contribution is -0.154. The number of allylic oxidation sites excluding steroid dienone is 1. The normalized spacial score (nSPS) is 23.4. The Balaban J connectivity index is 1.28. The van der Waals surface area contributed by atoms with E-state index in [2.05, 4.69) is 21.7 Å². The summed E-state index contributed by atoms with van der Waals surface area (Å²) in [6, 6.07) is 12.0. The van der Waals surface area contributed by atoms with Crippen molar-refractivity contribution < 1.29 is 24.2 Å². The Morgan fingerprint density at radius 1 is 1.19 bits per heavy atom. The van der Waals surface area contributed by atoms with Crippen LogP contribution in [0, 0.1) is 0 Å². The van der Waals surface area contributed by atoms with Gasteiger partial charge in [-0.05, 0) is 66.3 Å². The summed E-state index contributed by atoms with van der Waals surface area (Å²) < 4.78 is 12.0. The van der Waals surface area contributed by atoms with Crippen LogP contribution in [0.1, 0.15) is 43.6 Å². The fourth-order valence-electron chi connectivity index (χ4n) is 5.33. The maximum absolute atomic E-state index is 13.6. The van der Waals surface area contributed by atoms with Crippen LogP contribution in [0.25, 0.3) is 0 Å². The Labute approximate surface area is 215 Å². The van der Waals surface area contributed by atoms with Crippen molar-refractivity contribution in [1.82, 2.24) is 10.2 Å². The Hall–Kier alpha value is -2.88. The number of ether oxygens (including phenoxy) is 2. The number of aliphatic hydroxyl groups is 1. The van der Waals surface area contributed by atoms with Crippen molar-refractivity contribution in [3.05, 3.63) is 64.6 Å². The molecule has 2 saturated heterocycles. The van der Waals surface area contributed by atoms with E-state index in [1.807, 2.05) is 41.8 Å². The fourth-order valence-corrected chi connectivity index (χ4v) is 6.05. The van der Waals surface area contributed by atoms with Crippen molar-refractivity contribution >= 4 is 28.8 Å². The number of anilines is 1. The molecule has 2 N–H and O–H groups in total. The number of carbonyl (C=O) groups is 2. The first-order valence-corrected chi connectivity index (χ1v) is 13.6. The second-order valence-corrected chi connectivity index (χ2v) is 10.3. The number of nitrogens with one attached hydrogen (secondary N) is 1. The smallest absolute Gasteiger partial charge is 0.288 e. The molecule has 36 heavy (non-hydrogen) atoms. The molecule has 3 aliphatic rings.